The van der Waals surface area contributed by atoms with Crippen molar-refractivity contribution >= 4 is 6.09 Å². The van der Waals surface area contributed by atoms with Crippen molar-refractivity contribution in [2.24, 2.45) is 11.8 Å². The maximum atomic E-state index is 11.2. The Morgan fingerprint density at radius 3 is 2.71 bits per heavy atom. The second-order valence-electron chi connectivity index (χ2n) is 4.50. The molecule has 0 aliphatic heterocycles. The van der Waals surface area contributed by atoms with Gasteiger partial charge in [0.1, 0.15) is 0 Å². The highest BCUT2D eigenvalue weighted by Gasteiger charge is 2.23. The lowest BCUT2D eigenvalue weighted by atomic mass is 9.98. The molecule has 1 aliphatic rings. The van der Waals surface area contributed by atoms with E-state index in [0.29, 0.717) is 5.92 Å². The Morgan fingerprint density at radius 2 is 2.21 bits per heavy atom. The highest BCUT2D eigenvalue weighted by atomic mass is 16.6. The van der Waals surface area contributed by atoms with Crippen LogP contribution in [0.5, 0.6) is 0 Å². The van der Waals surface area contributed by atoms with Gasteiger partial charge in [-0.15, -0.1) is 0 Å². The maximum Gasteiger partial charge on any atom is 0.407 e. The minimum Gasteiger partial charge on any atom is -0.447 e. The van der Waals surface area contributed by atoms with E-state index in [1.54, 1.807) is 0 Å². The van der Waals surface area contributed by atoms with E-state index in [-0.39, 0.29) is 12.2 Å². The number of amides is 1. The topological polar surface area (TPSA) is 38.3 Å². The molecule has 2 atom stereocenters. The van der Waals surface area contributed by atoms with Gasteiger partial charge in [-0.1, -0.05) is 19.8 Å². The van der Waals surface area contributed by atoms with Crippen LogP contribution in [0, 0.1) is 11.8 Å². The molecule has 1 amide bonds. The van der Waals surface area contributed by atoms with E-state index < -0.39 is 0 Å². The third-order valence-corrected chi connectivity index (χ3v) is 2.89. The maximum absolute atomic E-state index is 11.2. The number of ether oxygens (including phenoxy) is 1. The molecule has 3 nitrogen and oxygen atoms in total. The van der Waals surface area contributed by atoms with Crippen molar-refractivity contribution < 1.29 is 9.53 Å². The van der Waals surface area contributed by atoms with Crippen LogP contribution in [-0.2, 0) is 4.74 Å². The third kappa shape index (κ3) is 3.56. The van der Waals surface area contributed by atoms with Crippen LogP contribution < -0.4 is 5.32 Å². The lowest BCUT2D eigenvalue weighted by Gasteiger charge is -2.16. The Bertz CT molecular complexity index is 192. The number of alkyl carbamates (subject to hydrolysis) is 1. The molecule has 1 N–H and O–H groups in total. The van der Waals surface area contributed by atoms with Crippen molar-refractivity contribution in [1.82, 2.24) is 5.32 Å². The standard InChI is InChI=1S/C11H21NO2/c1-8(2)14-11(13)12-7-10-6-4-5-9(10)3/h8-10H,4-7H2,1-3H3,(H,12,13). The van der Waals surface area contributed by atoms with Crippen molar-refractivity contribution in [2.75, 3.05) is 6.54 Å². The van der Waals surface area contributed by atoms with Gasteiger partial charge in [0.2, 0.25) is 0 Å². The van der Waals surface area contributed by atoms with Crippen molar-refractivity contribution in [3.63, 3.8) is 0 Å². The number of carbonyl (C=O) groups excluding carboxylic acids is 1. The summed E-state index contributed by atoms with van der Waals surface area (Å²) in [6.45, 7) is 6.75. The highest BCUT2D eigenvalue weighted by molar-refractivity contribution is 5.67. The normalized spacial score (nSPS) is 26.6. The minimum atomic E-state index is -0.279. The van der Waals surface area contributed by atoms with Gasteiger partial charge in [0.25, 0.3) is 0 Å². The first-order chi connectivity index (χ1) is 6.59. The smallest absolute Gasteiger partial charge is 0.407 e. The largest absolute Gasteiger partial charge is 0.447 e. The summed E-state index contributed by atoms with van der Waals surface area (Å²) in [6, 6.07) is 0. The van der Waals surface area contributed by atoms with Gasteiger partial charge in [-0.3, -0.25) is 0 Å². The van der Waals surface area contributed by atoms with Gasteiger partial charge in [-0.2, -0.15) is 0 Å². The average molecular weight is 199 g/mol. The molecule has 0 heterocycles. The van der Waals surface area contributed by atoms with E-state index in [2.05, 4.69) is 12.2 Å². The fraction of sp³-hybridized carbons (Fsp3) is 0.909. The molecule has 0 radical (unpaired) electrons. The van der Waals surface area contributed by atoms with Gasteiger partial charge in [-0.25, -0.2) is 4.79 Å². The molecule has 2 unspecified atom stereocenters. The number of nitrogens with one attached hydrogen (secondary N) is 1. The van der Waals surface area contributed by atoms with Crippen LogP contribution in [0.4, 0.5) is 4.79 Å². The summed E-state index contributed by atoms with van der Waals surface area (Å²) in [4.78, 5) is 11.2. The molecule has 0 bridgehead atoms. The van der Waals surface area contributed by atoms with Crippen LogP contribution in [0.2, 0.25) is 0 Å². The van der Waals surface area contributed by atoms with E-state index in [0.717, 1.165) is 12.5 Å². The van der Waals surface area contributed by atoms with Gasteiger partial charge < -0.3 is 10.1 Å². The molecule has 1 aliphatic carbocycles. The Morgan fingerprint density at radius 1 is 1.50 bits per heavy atom. The monoisotopic (exact) mass is 199 g/mol. The fourth-order valence-electron chi connectivity index (χ4n) is 2.00. The fourth-order valence-corrected chi connectivity index (χ4v) is 2.00. The number of hydrogen-bond donors (Lipinski definition) is 1. The van der Waals surface area contributed by atoms with Crippen LogP contribution in [0.1, 0.15) is 40.0 Å². The van der Waals surface area contributed by atoms with E-state index in [9.17, 15) is 4.79 Å². The summed E-state index contributed by atoms with van der Waals surface area (Å²) in [6.07, 6.45) is 3.52. The molecule has 0 aromatic heterocycles. The molecular weight excluding hydrogens is 178 g/mol. The lowest BCUT2D eigenvalue weighted by Crippen LogP contribution is -2.32. The van der Waals surface area contributed by atoms with Crippen molar-refractivity contribution in [3.05, 3.63) is 0 Å². The second kappa shape index (κ2) is 5.23. The van der Waals surface area contributed by atoms with E-state index in [4.69, 9.17) is 4.74 Å². The van der Waals surface area contributed by atoms with Crippen molar-refractivity contribution in [1.29, 1.82) is 0 Å². The lowest BCUT2D eigenvalue weighted by molar-refractivity contribution is 0.113. The van der Waals surface area contributed by atoms with Crippen LogP contribution >= 0.6 is 0 Å². The zero-order chi connectivity index (χ0) is 10.6. The minimum absolute atomic E-state index is 0.0315. The number of hydrogen-bond acceptors (Lipinski definition) is 2. The zero-order valence-electron chi connectivity index (χ0n) is 9.38. The van der Waals surface area contributed by atoms with Crippen LogP contribution in [-0.4, -0.2) is 18.7 Å². The Labute approximate surface area is 86.2 Å². The first-order valence-corrected chi connectivity index (χ1v) is 5.54. The van der Waals surface area contributed by atoms with Gasteiger partial charge in [0.15, 0.2) is 0 Å². The third-order valence-electron chi connectivity index (χ3n) is 2.89. The van der Waals surface area contributed by atoms with E-state index >= 15 is 0 Å². The summed E-state index contributed by atoms with van der Waals surface area (Å²) < 4.78 is 5.00. The van der Waals surface area contributed by atoms with Crippen molar-refractivity contribution in [2.45, 2.75) is 46.1 Å². The summed E-state index contributed by atoms with van der Waals surface area (Å²) in [5, 5.41) is 2.83. The van der Waals surface area contributed by atoms with E-state index in [1.807, 2.05) is 13.8 Å². The van der Waals surface area contributed by atoms with Gasteiger partial charge in [-0.05, 0) is 32.1 Å². The van der Waals surface area contributed by atoms with Crippen molar-refractivity contribution in [3.8, 4) is 0 Å². The first kappa shape index (κ1) is 11.3. The molecule has 0 aromatic rings. The number of rotatable bonds is 3. The Balaban J connectivity index is 2.16. The zero-order valence-corrected chi connectivity index (χ0v) is 9.38. The quantitative estimate of drug-likeness (QED) is 0.758. The Hall–Kier alpha value is -0.730. The molecule has 0 spiro atoms. The molecule has 1 fully saturated rings. The predicted molar refractivity (Wildman–Crippen MR) is 56.1 cm³/mol. The summed E-state index contributed by atoms with van der Waals surface area (Å²) in [5.74, 6) is 1.39. The first-order valence-electron chi connectivity index (χ1n) is 5.54. The highest BCUT2D eigenvalue weighted by Crippen LogP contribution is 2.30. The molecule has 0 saturated heterocycles. The Kier molecular flexibility index (Phi) is 4.23. The van der Waals surface area contributed by atoms with Gasteiger partial charge >= 0.3 is 6.09 Å². The second-order valence-corrected chi connectivity index (χ2v) is 4.50. The van der Waals surface area contributed by atoms with Gasteiger partial charge in [0.05, 0.1) is 6.10 Å². The van der Waals surface area contributed by atoms with Crippen LogP contribution in [0.3, 0.4) is 0 Å². The average Bonchev–Trinajstić information content (AvgIpc) is 2.46. The molecular formula is C11H21NO2. The SMILES string of the molecule is CC(C)OC(=O)NCC1CCCC1C. The summed E-state index contributed by atoms with van der Waals surface area (Å²) in [7, 11) is 0. The molecule has 1 rings (SSSR count). The molecule has 82 valence electrons. The predicted octanol–water partition coefficient (Wildman–Crippen LogP) is 2.56. The molecule has 3 heteroatoms. The summed E-state index contributed by atoms with van der Waals surface area (Å²) in [5.41, 5.74) is 0. The molecule has 14 heavy (non-hydrogen) atoms. The summed E-state index contributed by atoms with van der Waals surface area (Å²) >= 11 is 0. The van der Waals surface area contributed by atoms with Gasteiger partial charge in [0, 0.05) is 6.54 Å². The van der Waals surface area contributed by atoms with Crippen LogP contribution in [0.25, 0.3) is 0 Å². The molecule has 0 aromatic carbocycles. The van der Waals surface area contributed by atoms with E-state index in [1.165, 1.54) is 19.3 Å². The molecule has 1 saturated carbocycles. The number of carbonyl (C=O) groups is 1. The van der Waals surface area contributed by atoms with Crippen LogP contribution in [0.15, 0.2) is 0 Å².